The van der Waals surface area contributed by atoms with E-state index in [1.54, 1.807) is 6.20 Å². The van der Waals surface area contributed by atoms with Crippen LogP contribution in [0.3, 0.4) is 0 Å². The number of hydrogen-bond acceptors (Lipinski definition) is 3. The van der Waals surface area contributed by atoms with Gasteiger partial charge in [-0.05, 0) is 33.8 Å². The van der Waals surface area contributed by atoms with Gasteiger partial charge in [0, 0.05) is 36.7 Å². The predicted molar refractivity (Wildman–Crippen MR) is 75.8 cm³/mol. The molecule has 1 unspecified atom stereocenters. The third-order valence-electron chi connectivity index (χ3n) is 3.00. The van der Waals surface area contributed by atoms with E-state index >= 15 is 0 Å². The molecule has 1 N–H and O–H groups in total. The second kappa shape index (κ2) is 5.57. The summed E-state index contributed by atoms with van der Waals surface area (Å²) >= 11 is 0. The van der Waals surface area contributed by atoms with Crippen LogP contribution in [-0.4, -0.2) is 25.6 Å². The van der Waals surface area contributed by atoms with Crippen molar-refractivity contribution in [2.45, 2.75) is 52.4 Å². The minimum atomic E-state index is 0.0406. The van der Waals surface area contributed by atoms with Gasteiger partial charge < -0.3 is 5.32 Å². The summed E-state index contributed by atoms with van der Waals surface area (Å²) in [6, 6.07) is 2.32. The molecule has 2 rings (SSSR count). The van der Waals surface area contributed by atoms with E-state index in [0.29, 0.717) is 6.04 Å². The predicted octanol–water partition coefficient (Wildman–Crippen LogP) is 2.01. The van der Waals surface area contributed by atoms with Gasteiger partial charge in [0.05, 0.1) is 18.3 Å². The quantitative estimate of drug-likeness (QED) is 0.895. The van der Waals surface area contributed by atoms with Crippen LogP contribution in [-0.2, 0) is 18.6 Å². The van der Waals surface area contributed by atoms with Gasteiger partial charge in [0.25, 0.3) is 0 Å². The first-order valence-corrected chi connectivity index (χ1v) is 6.70. The minimum absolute atomic E-state index is 0.0406. The number of hydrogen-bond donors (Lipinski definition) is 1. The van der Waals surface area contributed by atoms with Gasteiger partial charge >= 0.3 is 0 Å². The first-order valence-electron chi connectivity index (χ1n) is 6.70. The Morgan fingerprint density at radius 2 is 2.11 bits per heavy atom. The van der Waals surface area contributed by atoms with Crippen molar-refractivity contribution in [2.75, 3.05) is 0 Å². The molecule has 0 aromatic carbocycles. The van der Waals surface area contributed by atoms with Gasteiger partial charge in [0.1, 0.15) is 0 Å². The van der Waals surface area contributed by atoms with Gasteiger partial charge in [-0.1, -0.05) is 0 Å². The summed E-state index contributed by atoms with van der Waals surface area (Å²) in [7, 11) is 0. The fourth-order valence-electron chi connectivity index (χ4n) is 1.86. The van der Waals surface area contributed by atoms with Crippen molar-refractivity contribution in [2.24, 2.45) is 0 Å². The molecule has 0 bridgehead atoms. The van der Waals surface area contributed by atoms with Gasteiger partial charge in [-0.25, -0.2) is 0 Å². The Kier molecular flexibility index (Phi) is 4.04. The molecular formula is C14H23N5. The van der Waals surface area contributed by atoms with Gasteiger partial charge in [0.2, 0.25) is 0 Å². The number of rotatable bonds is 5. The molecule has 0 aliphatic heterocycles. The van der Waals surface area contributed by atoms with Crippen LogP contribution in [0.15, 0.2) is 30.9 Å². The van der Waals surface area contributed by atoms with E-state index in [1.807, 2.05) is 27.8 Å². The second-order valence-electron chi connectivity index (χ2n) is 5.97. The van der Waals surface area contributed by atoms with E-state index in [1.165, 1.54) is 5.56 Å². The highest BCUT2D eigenvalue weighted by Gasteiger charge is 2.14. The molecule has 2 heterocycles. The number of aromatic nitrogens is 4. The molecule has 0 aliphatic rings. The average Bonchev–Trinajstić information content (AvgIpc) is 2.95. The Morgan fingerprint density at radius 3 is 2.68 bits per heavy atom. The lowest BCUT2D eigenvalue weighted by molar-refractivity contribution is 0.355. The molecule has 0 radical (unpaired) electrons. The zero-order chi connectivity index (χ0) is 13.9. The Bertz CT molecular complexity index is 492. The molecular weight excluding hydrogens is 238 g/mol. The molecule has 104 valence electrons. The topological polar surface area (TPSA) is 47.7 Å². The van der Waals surface area contributed by atoms with Crippen molar-refractivity contribution >= 4 is 0 Å². The zero-order valence-corrected chi connectivity index (χ0v) is 12.2. The standard InChI is InChI=1S/C14H23N5/c1-12(10-18-7-5-6-16-18)15-8-13-9-17-19(11-13)14(2,3)4/h5-7,9,11-12,15H,8,10H2,1-4H3. The van der Waals surface area contributed by atoms with Gasteiger partial charge in [0.15, 0.2) is 0 Å². The third-order valence-corrected chi connectivity index (χ3v) is 3.00. The first-order chi connectivity index (χ1) is 8.95. The highest BCUT2D eigenvalue weighted by Crippen LogP contribution is 2.13. The smallest absolute Gasteiger partial charge is 0.0560 e. The van der Waals surface area contributed by atoms with Crippen LogP contribution in [0.25, 0.3) is 0 Å². The minimum Gasteiger partial charge on any atom is -0.308 e. The molecule has 0 saturated heterocycles. The van der Waals surface area contributed by atoms with Gasteiger partial charge in [-0.3, -0.25) is 9.36 Å². The molecule has 5 nitrogen and oxygen atoms in total. The van der Waals surface area contributed by atoms with Crippen molar-refractivity contribution in [3.8, 4) is 0 Å². The Labute approximate surface area is 114 Å². The second-order valence-corrected chi connectivity index (χ2v) is 5.97. The normalized spacial score (nSPS) is 13.7. The first kappa shape index (κ1) is 13.8. The van der Waals surface area contributed by atoms with Gasteiger partial charge in [-0.15, -0.1) is 0 Å². The van der Waals surface area contributed by atoms with E-state index in [0.717, 1.165) is 13.1 Å². The van der Waals surface area contributed by atoms with Crippen molar-refractivity contribution in [3.05, 3.63) is 36.4 Å². The maximum Gasteiger partial charge on any atom is 0.0560 e. The maximum atomic E-state index is 4.40. The highest BCUT2D eigenvalue weighted by molar-refractivity contribution is 5.05. The Balaban J connectivity index is 1.83. The Hall–Kier alpha value is -1.62. The SMILES string of the molecule is CC(Cn1cccn1)NCc1cnn(C(C)(C)C)c1. The molecule has 2 aromatic heterocycles. The van der Waals surface area contributed by atoms with Crippen molar-refractivity contribution in [1.82, 2.24) is 24.9 Å². The number of nitrogens with zero attached hydrogens (tertiary/aromatic N) is 4. The fourth-order valence-corrected chi connectivity index (χ4v) is 1.86. The lowest BCUT2D eigenvalue weighted by Gasteiger charge is -2.18. The van der Waals surface area contributed by atoms with E-state index in [-0.39, 0.29) is 5.54 Å². The molecule has 0 aliphatic carbocycles. The zero-order valence-electron chi connectivity index (χ0n) is 12.2. The van der Waals surface area contributed by atoms with Crippen LogP contribution in [0.4, 0.5) is 0 Å². The van der Waals surface area contributed by atoms with Crippen LogP contribution < -0.4 is 5.32 Å². The summed E-state index contributed by atoms with van der Waals surface area (Å²) in [5.41, 5.74) is 1.25. The molecule has 0 saturated carbocycles. The summed E-state index contributed by atoms with van der Waals surface area (Å²) in [6.07, 6.45) is 7.82. The molecule has 5 heteroatoms. The summed E-state index contributed by atoms with van der Waals surface area (Å²) in [6.45, 7) is 10.3. The van der Waals surface area contributed by atoms with Crippen molar-refractivity contribution < 1.29 is 0 Å². The fraction of sp³-hybridized carbons (Fsp3) is 0.571. The molecule has 0 amide bonds. The Morgan fingerprint density at radius 1 is 1.32 bits per heavy atom. The van der Waals surface area contributed by atoms with E-state index in [2.05, 4.69) is 49.4 Å². The summed E-state index contributed by atoms with van der Waals surface area (Å²) in [5, 5.41) is 12.1. The van der Waals surface area contributed by atoms with Crippen molar-refractivity contribution in [1.29, 1.82) is 0 Å². The van der Waals surface area contributed by atoms with Crippen LogP contribution in [0.2, 0.25) is 0 Å². The van der Waals surface area contributed by atoms with Crippen LogP contribution in [0.5, 0.6) is 0 Å². The average molecular weight is 261 g/mol. The largest absolute Gasteiger partial charge is 0.308 e. The molecule has 0 spiro atoms. The van der Waals surface area contributed by atoms with E-state index in [9.17, 15) is 0 Å². The summed E-state index contributed by atoms with van der Waals surface area (Å²) in [5.74, 6) is 0. The summed E-state index contributed by atoms with van der Waals surface area (Å²) < 4.78 is 3.94. The van der Waals surface area contributed by atoms with E-state index in [4.69, 9.17) is 0 Å². The highest BCUT2D eigenvalue weighted by atomic mass is 15.3. The van der Waals surface area contributed by atoms with Crippen LogP contribution in [0, 0.1) is 0 Å². The molecule has 2 aromatic rings. The van der Waals surface area contributed by atoms with Crippen LogP contribution >= 0.6 is 0 Å². The van der Waals surface area contributed by atoms with Crippen LogP contribution in [0.1, 0.15) is 33.3 Å². The third kappa shape index (κ3) is 3.92. The molecule has 19 heavy (non-hydrogen) atoms. The van der Waals surface area contributed by atoms with E-state index < -0.39 is 0 Å². The monoisotopic (exact) mass is 261 g/mol. The lowest BCUT2D eigenvalue weighted by atomic mass is 10.1. The van der Waals surface area contributed by atoms with Crippen molar-refractivity contribution in [3.63, 3.8) is 0 Å². The number of nitrogens with one attached hydrogen (secondary N) is 1. The maximum absolute atomic E-state index is 4.40. The molecule has 1 atom stereocenters. The van der Waals surface area contributed by atoms with Gasteiger partial charge in [-0.2, -0.15) is 10.2 Å². The summed E-state index contributed by atoms with van der Waals surface area (Å²) in [4.78, 5) is 0. The molecule has 0 fully saturated rings. The lowest BCUT2D eigenvalue weighted by Crippen LogP contribution is -2.30.